The minimum absolute atomic E-state index is 0.136. The lowest BCUT2D eigenvalue weighted by molar-refractivity contribution is 0.0953. The maximum absolute atomic E-state index is 12.2. The first kappa shape index (κ1) is 15.2. The van der Waals surface area contributed by atoms with Gasteiger partial charge in [-0.15, -0.1) is 0 Å². The summed E-state index contributed by atoms with van der Waals surface area (Å²) in [4.78, 5) is 23.9. The first-order valence-corrected chi connectivity index (χ1v) is 7.60. The van der Waals surface area contributed by atoms with Gasteiger partial charge in [-0.05, 0) is 25.1 Å². The van der Waals surface area contributed by atoms with Gasteiger partial charge < -0.3 is 14.8 Å². The lowest BCUT2D eigenvalue weighted by atomic mass is 10.2. The fourth-order valence-corrected chi connectivity index (χ4v) is 2.27. The highest BCUT2D eigenvalue weighted by Crippen LogP contribution is 2.13. The topological polar surface area (TPSA) is 96.7 Å². The zero-order valence-corrected chi connectivity index (χ0v) is 13.4. The van der Waals surface area contributed by atoms with Gasteiger partial charge in [0.1, 0.15) is 5.82 Å². The minimum atomic E-state index is -0.136. The number of hydrogen-bond acceptors (Lipinski definition) is 5. The fourth-order valence-electron chi connectivity index (χ4n) is 2.27. The molecule has 0 bridgehead atoms. The van der Waals surface area contributed by atoms with E-state index in [4.69, 9.17) is 4.52 Å². The molecule has 0 aliphatic carbocycles. The highest BCUT2D eigenvalue weighted by atomic mass is 16.5. The van der Waals surface area contributed by atoms with Crippen molar-refractivity contribution in [1.82, 2.24) is 25.4 Å². The molecule has 2 aromatic heterocycles. The number of amides is 1. The van der Waals surface area contributed by atoms with E-state index in [1.807, 2.05) is 26.8 Å². The van der Waals surface area contributed by atoms with Gasteiger partial charge in [0.25, 0.3) is 5.91 Å². The van der Waals surface area contributed by atoms with Gasteiger partial charge >= 0.3 is 0 Å². The van der Waals surface area contributed by atoms with Crippen LogP contribution in [0.15, 0.2) is 22.7 Å². The van der Waals surface area contributed by atoms with Gasteiger partial charge in [-0.2, -0.15) is 4.98 Å². The van der Waals surface area contributed by atoms with Crippen molar-refractivity contribution in [2.75, 3.05) is 6.54 Å². The van der Waals surface area contributed by atoms with Gasteiger partial charge in [0, 0.05) is 24.4 Å². The van der Waals surface area contributed by atoms with Crippen molar-refractivity contribution in [3.8, 4) is 0 Å². The zero-order chi connectivity index (χ0) is 16.4. The van der Waals surface area contributed by atoms with Crippen LogP contribution in [0.1, 0.15) is 47.7 Å². The van der Waals surface area contributed by atoms with E-state index in [2.05, 4.69) is 25.4 Å². The molecule has 3 aromatic rings. The van der Waals surface area contributed by atoms with E-state index in [9.17, 15) is 4.79 Å². The molecule has 0 fully saturated rings. The summed E-state index contributed by atoms with van der Waals surface area (Å²) >= 11 is 0. The normalized spacial score (nSPS) is 11.3. The van der Waals surface area contributed by atoms with Crippen LogP contribution in [-0.4, -0.2) is 32.6 Å². The third-order valence-electron chi connectivity index (χ3n) is 3.49. The number of nitrogens with zero attached hydrogens (tertiary/aromatic N) is 3. The molecule has 0 atom stereocenters. The predicted octanol–water partition coefficient (Wildman–Crippen LogP) is 2.35. The smallest absolute Gasteiger partial charge is 0.251 e. The molecule has 1 amide bonds. The van der Waals surface area contributed by atoms with Crippen molar-refractivity contribution in [3.05, 3.63) is 41.3 Å². The molecule has 2 N–H and O–H groups in total. The van der Waals surface area contributed by atoms with Crippen LogP contribution in [0.25, 0.3) is 11.0 Å². The molecule has 0 unspecified atom stereocenters. The second-order valence-electron chi connectivity index (χ2n) is 5.76. The molecule has 0 aliphatic rings. The second-order valence-corrected chi connectivity index (χ2v) is 5.76. The summed E-state index contributed by atoms with van der Waals surface area (Å²) in [5.41, 5.74) is 2.30. The Bertz CT molecular complexity index is 834. The number of carbonyl (C=O) groups excluding carboxylic acids is 1. The van der Waals surface area contributed by atoms with E-state index in [1.54, 1.807) is 12.1 Å². The molecule has 7 nitrogen and oxygen atoms in total. The van der Waals surface area contributed by atoms with Crippen molar-refractivity contribution >= 4 is 16.9 Å². The summed E-state index contributed by atoms with van der Waals surface area (Å²) in [6.45, 7) is 6.33. The van der Waals surface area contributed by atoms with Crippen LogP contribution in [-0.2, 0) is 6.42 Å². The number of aromatic amines is 1. The number of benzene rings is 1. The molecule has 0 radical (unpaired) electrons. The number of carbonyl (C=O) groups is 1. The summed E-state index contributed by atoms with van der Waals surface area (Å²) in [5.74, 6) is 2.14. The minimum Gasteiger partial charge on any atom is -0.352 e. The van der Waals surface area contributed by atoms with Gasteiger partial charge in [0.15, 0.2) is 5.82 Å². The van der Waals surface area contributed by atoms with E-state index in [0.717, 1.165) is 16.9 Å². The second kappa shape index (κ2) is 6.20. The first-order valence-electron chi connectivity index (χ1n) is 7.60. The van der Waals surface area contributed by atoms with Gasteiger partial charge in [0.2, 0.25) is 5.89 Å². The molecule has 120 valence electrons. The molecule has 0 saturated carbocycles. The molecule has 0 saturated heterocycles. The number of fused-ring (bicyclic) bond motifs is 1. The van der Waals surface area contributed by atoms with Gasteiger partial charge in [-0.3, -0.25) is 4.79 Å². The number of rotatable bonds is 5. The average molecular weight is 313 g/mol. The number of H-pyrrole nitrogens is 1. The lowest BCUT2D eigenvalue weighted by Gasteiger charge is -2.03. The average Bonchev–Trinajstić information content (AvgIpc) is 3.11. The van der Waals surface area contributed by atoms with Crippen molar-refractivity contribution in [1.29, 1.82) is 0 Å². The summed E-state index contributed by atoms with van der Waals surface area (Å²) < 4.78 is 5.15. The molecule has 0 spiro atoms. The molecular weight excluding hydrogens is 294 g/mol. The van der Waals surface area contributed by atoms with E-state index in [1.165, 1.54) is 0 Å². The van der Waals surface area contributed by atoms with Crippen LogP contribution in [0.3, 0.4) is 0 Å². The van der Waals surface area contributed by atoms with Gasteiger partial charge in [0.05, 0.1) is 11.0 Å². The van der Waals surface area contributed by atoms with Crippen LogP contribution >= 0.6 is 0 Å². The largest absolute Gasteiger partial charge is 0.352 e. The molecule has 1 aromatic carbocycles. The van der Waals surface area contributed by atoms with Crippen molar-refractivity contribution < 1.29 is 9.32 Å². The highest BCUT2D eigenvalue weighted by molar-refractivity contribution is 5.97. The predicted molar refractivity (Wildman–Crippen MR) is 85.3 cm³/mol. The number of nitrogens with one attached hydrogen (secondary N) is 2. The maximum atomic E-state index is 12.2. The molecule has 3 rings (SSSR count). The van der Waals surface area contributed by atoms with Gasteiger partial charge in [-0.25, -0.2) is 4.98 Å². The standard InChI is InChI=1S/C16H19N5O2/c1-9(2)15-20-14(23-21-15)6-7-17-16(22)11-4-5-12-13(8-11)19-10(3)18-12/h4-5,8-9H,6-7H2,1-3H3,(H,17,22)(H,18,19). The fraction of sp³-hybridized carbons (Fsp3) is 0.375. The van der Waals surface area contributed by atoms with Crippen LogP contribution in [0.2, 0.25) is 0 Å². The summed E-state index contributed by atoms with van der Waals surface area (Å²) in [7, 11) is 0. The Morgan fingerprint density at radius 2 is 2.17 bits per heavy atom. The van der Waals surface area contributed by atoms with Crippen molar-refractivity contribution in [2.24, 2.45) is 0 Å². The molecular formula is C16H19N5O2. The number of hydrogen-bond donors (Lipinski definition) is 2. The van der Waals surface area contributed by atoms with Crippen LogP contribution in [0.4, 0.5) is 0 Å². The molecule has 0 aliphatic heterocycles. The molecule has 23 heavy (non-hydrogen) atoms. The van der Waals surface area contributed by atoms with E-state index in [0.29, 0.717) is 30.2 Å². The van der Waals surface area contributed by atoms with Gasteiger partial charge in [-0.1, -0.05) is 19.0 Å². The SMILES string of the molecule is Cc1nc2ccc(C(=O)NCCc3nc(C(C)C)no3)cc2[nH]1. The monoisotopic (exact) mass is 313 g/mol. The third-order valence-corrected chi connectivity index (χ3v) is 3.49. The van der Waals surface area contributed by atoms with Crippen LogP contribution < -0.4 is 5.32 Å². The highest BCUT2D eigenvalue weighted by Gasteiger charge is 2.11. The Morgan fingerprint density at radius 1 is 1.35 bits per heavy atom. The Balaban J connectivity index is 1.59. The van der Waals surface area contributed by atoms with Crippen molar-refractivity contribution in [3.63, 3.8) is 0 Å². The van der Waals surface area contributed by atoms with Crippen molar-refractivity contribution in [2.45, 2.75) is 33.1 Å². The molecule has 2 heterocycles. The Labute approximate surface area is 133 Å². The summed E-state index contributed by atoms with van der Waals surface area (Å²) in [5, 5.41) is 6.75. The third kappa shape index (κ3) is 3.39. The lowest BCUT2D eigenvalue weighted by Crippen LogP contribution is -2.25. The van der Waals surface area contributed by atoms with E-state index in [-0.39, 0.29) is 11.8 Å². The number of aromatic nitrogens is 4. The summed E-state index contributed by atoms with van der Waals surface area (Å²) in [6, 6.07) is 5.40. The van der Waals surface area contributed by atoms with Crippen LogP contribution in [0.5, 0.6) is 0 Å². The maximum Gasteiger partial charge on any atom is 0.251 e. The number of aryl methyl sites for hydroxylation is 1. The first-order chi connectivity index (χ1) is 11.0. The Morgan fingerprint density at radius 3 is 2.91 bits per heavy atom. The quantitative estimate of drug-likeness (QED) is 0.753. The van der Waals surface area contributed by atoms with E-state index >= 15 is 0 Å². The molecule has 7 heteroatoms. The zero-order valence-electron chi connectivity index (χ0n) is 13.4. The number of imidazole rings is 1. The Hall–Kier alpha value is -2.70. The van der Waals surface area contributed by atoms with E-state index < -0.39 is 0 Å². The summed E-state index contributed by atoms with van der Waals surface area (Å²) in [6.07, 6.45) is 0.511. The Kier molecular flexibility index (Phi) is 4.10. The van der Waals surface area contributed by atoms with Crippen LogP contribution in [0, 0.1) is 6.92 Å².